The summed E-state index contributed by atoms with van der Waals surface area (Å²) in [5, 5.41) is 47.1. The number of imidazole rings is 1. The van der Waals surface area contributed by atoms with E-state index in [4.69, 9.17) is 5.11 Å². The lowest BCUT2D eigenvalue weighted by atomic mass is 10.0. The molecular formula is C12H16N2O5. The summed E-state index contributed by atoms with van der Waals surface area (Å²) in [6.45, 7) is -0.717. The standard InChI is InChI=1S/C12H16N2O5/c15-5-8(16)9(17)10(18)11(19)12-13-6-3-1-2-4-7(6)14-12/h1-4,8-11,15-19H,5H2,(H,13,14)/t8-,9-,10-,11-/m0/s1. The highest BCUT2D eigenvalue weighted by molar-refractivity contribution is 5.74. The van der Waals surface area contributed by atoms with Gasteiger partial charge in [0.15, 0.2) is 0 Å². The molecule has 1 aromatic heterocycles. The number of hydrogen-bond acceptors (Lipinski definition) is 6. The van der Waals surface area contributed by atoms with Crippen LogP contribution in [0.25, 0.3) is 11.0 Å². The van der Waals surface area contributed by atoms with Gasteiger partial charge in [0.2, 0.25) is 0 Å². The number of aliphatic hydroxyl groups excluding tert-OH is 5. The predicted molar refractivity (Wildman–Crippen MR) is 66.2 cm³/mol. The Hall–Kier alpha value is -1.51. The van der Waals surface area contributed by atoms with E-state index >= 15 is 0 Å². The monoisotopic (exact) mass is 268 g/mol. The Morgan fingerprint density at radius 3 is 2.37 bits per heavy atom. The molecule has 2 rings (SSSR count). The maximum Gasteiger partial charge on any atom is 0.140 e. The fourth-order valence-corrected chi connectivity index (χ4v) is 1.80. The molecule has 0 unspecified atom stereocenters. The Morgan fingerprint density at radius 1 is 1.05 bits per heavy atom. The van der Waals surface area contributed by atoms with Gasteiger partial charge in [-0.15, -0.1) is 0 Å². The summed E-state index contributed by atoms with van der Waals surface area (Å²) in [7, 11) is 0. The van der Waals surface area contributed by atoms with E-state index in [1.807, 2.05) is 0 Å². The quantitative estimate of drug-likeness (QED) is 0.398. The van der Waals surface area contributed by atoms with E-state index in [9.17, 15) is 20.4 Å². The van der Waals surface area contributed by atoms with Crippen LogP contribution >= 0.6 is 0 Å². The summed E-state index contributed by atoms with van der Waals surface area (Å²) >= 11 is 0. The Balaban J connectivity index is 2.20. The summed E-state index contributed by atoms with van der Waals surface area (Å²) in [6.07, 6.45) is -6.37. The van der Waals surface area contributed by atoms with Crippen molar-refractivity contribution in [3.05, 3.63) is 30.1 Å². The molecule has 19 heavy (non-hydrogen) atoms. The van der Waals surface area contributed by atoms with E-state index in [1.54, 1.807) is 24.3 Å². The first-order chi connectivity index (χ1) is 9.04. The fraction of sp³-hybridized carbons (Fsp3) is 0.417. The molecule has 104 valence electrons. The zero-order valence-corrected chi connectivity index (χ0v) is 10.0. The van der Waals surface area contributed by atoms with Gasteiger partial charge >= 0.3 is 0 Å². The van der Waals surface area contributed by atoms with E-state index in [0.29, 0.717) is 11.0 Å². The number of benzene rings is 1. The normalized spacial score (nSPS) is 18.2. The fourth-order valence-electron chi connectivity index (χ4n) is 1.80. The topological polar surface area (TPSA) is 130 Å². The lowest BCUT2D eigenvalue weighted by Crippen LogP contribution is -2.42. The number of fused-ring (bicyclic) bond motifs is 1. The smallest absolute Gasteiger partial charge is 0.140 e. The van der Waals surface area contributed by atoms with Gasteiger partial charge in [-0.1, -0.05) is 12.1 Å². The van der Waals surface area contributed by atoms with Crippen molar-refractivity contribution in [1.82, 2.24) is 9.97 Å². The Morgan fingerprint density at radius 2 is 1.74 bits per heavy atom. The van der Waals surface area contributed by atoms with Gasteiger partial charge in [0, 0.05) is 0 Å². The molecule has 4 atom stereocenters. The first-order valence-electron chi connectivity index (χ1n) is 5.82. The van der Waals surface area contributed by atoms with Crippen LogP contribution in [0.3, 0.4) is 0 Å². The molecule has 0 radical (unpaired) electrons. The Labute approximate surface area is 108 Å². The molecule has 1 heterocycles. The molecule has 2 aromatic rings. The Bertz CT molecular complexity index is 511. The van der Waals surface area contributed by atoms with Crippen LogP contribution in [0, 0.1) is 0 Å². The van der Waals surface area contributed by atoms with Crippen molar-refractivity contribution in [2.45, 2.75) is 24.4 Å². The number of aromatic nitrogens is 2. The van der Waals surface area contributed by atoms with Gasteiger partial charge in [0.1, 0.15) is 30.2 Å². The molecule has 7 nitrogen and oxygen atoms in total. The zero-order chi connectivity index (χ0) is 14.0. The number of H-pyrrole nitrogens is 1. The van der Waals surface area contributed by atoms with Crippen molar-refractivity contribution in [3.63, 3.8) is 0 Å². The van der Waals surface area contributed by atoms with E-state index in [2.05, 4.69) is 9.97 Å². The molecule has 0 saturated carbocycles. The summed E-state index contributed by atoms with van der Waals surface area (Å²) in [5.74, 6) is 0.0814. The molecule has 1 aromatic carbocycles. The van der Waals surface area contributed by atoms with Crippen LogP contribution in [0.1, 0.15) is 11.9 Å². The highest BCUT2D eigenvalue weighted by atomic mass is 16.4. The Kier molecular flexibility index (Phi) is 4.13. The van der Waals surface area contributed by atoms with Crippen molar-refractivity contribution in [2.75, 3.05) is 6.61 Å². The van der Waals surface area contributed by atoms with Gasteiger partial charge in [0.25, 0.3) is 0 Å². The highest BCUT2D eigenvalue weighted by Gasteiger charge is 2.32. The van der Waals surface area contributed by atoms with Crippen LogP contribution in [0.4, 0.5) is 0 Å². The van der Waals surface area contributed by atoms with Crippen molar-refractivity contribution < 1.29 is 25.5 Å². The predicted octanol–water partition coefficient (Wildman–Crippen LogP) is -1.33. The minimum atomic E-state index is -1.67. The second-order valence-corrected chi connectivity index (χ2v) is 4.32. The second kappa shape index (κ2) is 5.64. The number of rotatable bonds is 5. The number of para-hydroxylation sites is 2. The third-order valence-electron chi connectivity index (χ3n) is 2.94. The van der Waals surface area contributed by atoms with Crippen molar-refractivity contribution in [2.24, 2.45) is 0 Å². The van der Waals surface area contributed by atoms with Gasteiger partial charge in [-0.3, -0.25) is 0 Å². The molecule has 6 N–H and O–H groups in total. The first-order valence-corrected chi connectivity index (χ1v) is 5.82. The summed E-state index contributed by atoms with van der Waals surface area (Å²) < 4.78 is 0. The molecule has 0 aliphatic rings. The number of hydrogen-bond donors (Lipinski definition) is 6. The average molecular weight is 268 g/mol. The first kappa shape index (κ1) is 13.9. The largest absolute Gasteiger partial charge is 0.394 e. The van der Waals surface area contributed by atoms with Gasteiger partial charge in [-0.2, -0.15) is 0 Å². The molecule has 0 bridgehead atoms. The van der Waals surface area contributed by atoms with Crippen LogP contribution in [0.2, 0.25) is 0 Å². The van der Waals surface area contributed by atoms with Gasteiger partial charge < -0.3 is 30.5 Å². The number of aromatic amines is 1. The van der Waals surface area contributed by atoms with E-state index < -0.39 is 31.0 Å². The molecule has 0 fully saturated rings. The van der Waals surface area contributed by atoms with Crippen molar-refractivity contribution in [1.29, 1.82) is 0 Å². The van der Waals surface area contributed by atoms with Crippen LogP contribution in [0.5, 0.6) is 0 Å². The zero-order valence-electron chi connectivity index (χ0n) is 10.0. The van der Waals surface area contributed by atoms with Gasteiger partial charge in [-0.05, 0) is 12.1 Å². The third kappa shape index (κ3) is 2.75. The van der Waals surface area contributed by atoms with E-state index in [0.717, 1.165) is 0 Å². The molecule has 0 aliphatic carbocycles. The average Bonchev–Trinajstić information content (AvgIpc) is 2.87. The lowest BCUT2D eigenvalue weighted by molar-refractivity contribution is -0.117. The summed E-state index contributed by atoms with van der Waals surface area (Å²) in [4.78, 5) is 6.89. The summed E-state index contributed by atoms with van der Waals surface area (Å²) in [6, 6.07) is 7.05. The molecule has 0 amide bonds. The summed E-state index contributed by atoms with van der Waals surface area (Å²) in [5.41, 5.74) is 1.29. The SMILES string of the molecule is OC[C@H](O)[C@H](O)[C@H](O)[C@H](O)c1nc2ccccc2[nH]1. The molecule has 7 heteroatoms. The van der Waals surface area contributed by atoms with Gasteiger partial charge in [-0.25, -0.2) is 4.98 Å². The number of nitrogens with one attached hydrogen (secondary N) is 1. The maximum absolute atomic E-state index is 9.91. The molecule has 0 aliphatic heterocycles. The third-order valence-corrected chi connectivity index (χ3v) is 2.94. The van der Waals surface area contributed by atoms with E-state index in [-0.39, 0.29) is 5.82 Å². The highest BCUT2D eigenvalue weighted by Crippen LogP contribution is 2.21. The van der Waals surface area contributed by atoms with Crippen LogP contribution in [-0.2, 0) is 0 Å². The second-order valence-electron chi connectivity index (χ2n) is 4.32. The van der Waals surface area contributed by atoms with Crippen molar-refractivity contribution in [3.8, 4) is 0 Å². The van der Waals surface area contributed by atoms with Crippen LogP contribution in [0.15, 0.2) is 24.3 Å². The molecular weight excluding hydrogens is 252 g/mol. The van der Waals surface area contributed by atoms with Crippen molar-refractivity contribution >= 4 is 11.0 Å². The molecule has 0 saturated heterocycles. The van der Waals surface area contributed by atoms with Gasteiger partial charge in [0.05, 0.1) is 17.6 Å². The van der Waals surface area contributed by atoms with E-state index in [1.165, 1.54) is 0 Å². The molecule has 0 spiro atoms. The minimum Gasteiger partial charge on any atom is -0.394 e. The lowest BCUT2D eigenvalue weighted by Gasteiger charge is -2.24. The number of nitrogens with zero attached hydrogens (tertiary/aromatic N) is 1. The minimum absolute atomic E-state index is 0.0814. The number of aliphatic hydroxyl groups is 5. The maximum atomic E-state index is 9.91. The van der Waals surface area contributed by atoms with Crippen LogP contribution < -0.4 is 0 Å². The van der Waals surface area contributed by atoms with Crippen LogP contribution in [-0.4, -0.2) is 60.4 Å².